The van der Waals surface area contributed by atoms with Crippen LogP contribution in [-0.4, -0.2) is 52.8 Å². The summed E-state index contributed by atoms with van der Waals surface area (Å²) in [4.78, 5) is 39.8. The van der Waals surface area contributed by atoms with Gasteiger partial charge in [0.2, 0.25) is 11.8 Å². The first kappa shape index (κ1) is 22.9. The Kier molecular flexibility index (Phi) is 9.42. The van der Waals surface area contributed by atoms with Crippen LogP contribution in [0.3, 0.4) is 0 Å². The molecular formula is C22H38N2O4. The van der Waals surface area contributed by atoms with Gasteiger partial charge in [-0.3, -0.25) is 14.4 Å². The number of ketones is 1. The second-order valence-electron chi connectivity index (χ2n) is 8.49. The average molecular weight is 395 g/mol. The Hall–Kier alpha value is -1.43. The maximum atomic E-state index is 13.4. The molecule has 4 atom stereocenters. The van der Waals surface area contributed by atoms with Gasteiger partial charge in [-0.25, -0.2) is 0 Å². The minimum Gasteiger partial charge on any atom is -0.396 e. The minimum atomic E-state index is -0.359. The molecule has 0 aromatic heterocycles. The first-order chi connectivity index (χ1) is 13.5. The zero-order chi connectivity index (χ0) is 20.5. The van der Waals surface area contributed by atoms with Crippen LogP contribution in [0.25, 0.3) is 0 Å². The van der Waals surface area contributed by atoms with Crippen molar-refractivity contribution in [1.29, 1.82) is 0 Å². The van der Waals surface area contributed by atoms with Crippen molar-refractivity contribution in [3.05, 3.63) is 0 Å². The van der Waals surface area contributed by atoms with Crippen molar-refractivity contribution in [2.24, 2.45) is 11.8 Å². The topological polar surface area (TPSA) is 86.7 Å². The molecule has 2 N–H and O–H groups in total. The van der Waals surface area contributed by atoms with E-state index in [1.165, 1.54) is 0 Å². The fourth-order valence-electron chi connectivity index (χ4n) is 4.66. The Morgan fingerprint density at radius 3 is 2.64 bits per heavy atom. The molecule has 28 heavy (non-hydrogen) atoms. The number of rotatable bonds is 10. The number of aliphatic hydroxyl groups is 1. The lowest BCUT2D eigenvalue weighted by molar-refractivity contribution is -0.145. The molecule has 6 heteroatoms. The van der Waals surface area contributed by atoms with Gasteiger partial charge < -0.3 is 15.3 Å². The SMILES string of the molecule is CCC(=O)C(C)CCC1CCCCC2CCC(C(=O)NCCCCO)N2C1=O. The molecule has 2 rings (SSSR count). The lowest BCUT2D eigenvalue weighted by Gasteiger charge is -2.35. The van der Waals surface area contributed by atoms with Gasteiger partial charge >= 0.3 is 0 Å². The van der Waals surface area contributed by atoms with E-state index in [1.807, 2.05) is 18.7 Å². The van der Waals surface area contributed by atoms with Gasteiger partial charge in [0.15, 0.2) is 0 Å². The summed E-state index contributed by atoms with van der Waals surface area (Å²) in [6.07, 6.45) is 9.08. The average Bonchev–Trinajstić information content (AvgIpc) is 3.11. The highest BCUT2D eigenvalue weighted by molar-refractivity contribution is 5.89. The third-order valence-electron chi connectivity index (χ3n) is 6.48. The van der Waals surface area contributed by atoms with Crippen molar-refractivity contribution in [3.8, 4) is 0 Å². The Morgan fingerprint density at radius 1 is 1.18 bits per heavy atom. The van der Waals surface area contributed by atoms with Gasteiger partial charge in [0.05, 0.1) is 0 Å². The lowest BCUT2D eigenvalue weighted by Crippen LogP contribution is -2.51. The number of aliphatic hydroxyl groups excluding tert-OH is 1. The zero-order valence-electron chi connectivity index (χ0n) is 17.6. The number of unbranched alkanes of at least 4 members (excludes halogenated alkanes) is 1. The van der Waals surface area contributed by atoms with Gasteiger partial charge in [0.25, 0.3) is 0 Å². The van der Waals surface area contributed by atoms with E-state index < -0.39 is 0 Å². The molecule has 6 nitrogen and oxygen atoms in total. The van der Waals surface area contributed by atoms with Gasteiger partial charge in [-0.15, -0.1) is 0 Å². The van der Waals surface area contributed by atoms with Crippen LogP contribution in [-0.2, 0) is 14.4 Å². The molecular weight excluding hydrogens is 356 g/mol. The molecule has 2 aliphatic rings. The summed E-state index contributed by atoms with van der Waals surface area (Å²) in [5.41, 5.74) is 0. The number of hydrogen-bond donors (Lipinski definition) is 2. The van der Waals surface area contributed by atoms with Crippen LogP contribution in [0.15, 0.2) is 0 Å². The van der Waals surface area contributed by atoms with Crippen LogP contribution in [0, 0.1) is 11.8 Å². The van der Waals surface area contributed by atoms with Crippen LogP contribution < -0.4 is 5.32 Å². The Balaban J connectivity index is 2.00. The van der Waals surface area contributed by atoms with E-state index in [0.29, 0.717) is 19.4 Å². The van der Waals surface area contributed by atoms with Crippen LogP contribution in [0.5, 0.6) is 0 Å². The fraction of sp³-hybridized carbons (Fsp3) is 0.864. The Morgan fingerprint density at radius 2 is 1.93 bits per heavy atom. The first-order valence-corrected chi connectivity index (χ1v) is 11.2. The molecule has 2 heterocycles. The van der Waals surface area contributed by atoms with E-state index in [4.69, 9.17) is 5.11 Å². The van der Waals surface area contributed by atoms with Gasteiger partial charge in [0, 0.05) is 37.5 Å². The van der Waals surface area contributed by atoms with E-state index in [1.54, 1.807) is 0 Å². The summed E-state index contributed by atoms with van der Waals surface area (Å²) in [6.45, 7) is 4.52. The molecule has 2 fully saturated rings. The summed E-state index contributed by atoms with van der Waals surface area (Å²) in [6, 6.07) is -0.180. The predicted molar refractivity (Wildman–Crippen MR) is 109 cm³/mol. The Bertz CT molecular complexity index is 537. The zero-order valence-corrected chi connectivity index (χ0v) is 17.6. The van der Waals surface area contributed by atoms with Crippen LogP contribution in [0.2, 0.25) is 0 Å². The second-order valence-corrected chi connectivity index (χ2v) is 8.49. The van der Waals surface area contributed by atoms with E-state index in [-0.39, 0.29) is 48.1 Å². The molecule has 0 aliphatic carbocycles. The van der Waals surface area contributed by atoms with E-state index in [2.05, 4.69) is 5.32 Å². The molecule has 0 spiro atoms. The number of fused-ring (bicyclic) bond motifs is 1. The van der Waals surface area contributed by atoms with Crippen molar-refractivity contribution in [3.63, 3.8) is 0 Å². The number of carbonyl (C=O) groups is 3. The monoisotopic (exact) mass is 394 g/mol. The van der Waals surface area contributed by atoms with E-state index in [9.17, 15) is 14.4 Å². The number of carbonyl (C=O) groups excluding carboxylic acids is 3. The van der Waals surface area contributed by atoms with E-state index >= 15 is 0 Å². The van der Waals surface area contributed by atoms with Crippen molar-refractivity contribution < 1.29 is 19.5 Å². The van der Waals surface area contributed by atoms with E-state index in [0.717, 1.165) is 57.8 Å². The Labute approximate surface area is 169 Å². The summed E-state index contributed by atoms with van der Waals surface area (Å²) < 4.78 is 0. The van der Waals surface area contributed by atoms with Crippen molar-refractivity contribution in [1.82, 2.24) is 10.2 Å². The van der Waals surface area contributed by atoms with Gasteiger partial charge in [0.1, 0.15) is 11.8 Å². The molecule has 0 bridgehead atoms. The molecule has 4 unspecified atom stereocenters. The first-order valence-electron chi connectivity index (χ1n) is 11.2. The number of nitrogens with zero attached hydrogens (tertiary/aromatic N) is 1. The summed E-state index contributed by atoms with van der Waals surface area (Å²) in [5, 5.41) is 11.8. The largest absolute Gasteiger partial charge is 0.396 e. The quantitative estimate of drug-likeness (QED) is 0.558. The number of nitrogens with one attached hydrogen (secondary N) is 1. The molecule has 160 valence electrons. The van der Waals surface area contributed by atoms with Crippen LogP contribution in [0.1, 0.15) is 84.5 Å². The lowest BCUT2D eigenvalue weighted by atomic mass is 9.87. The van der Waals surface area contributed by atoms with Crippen LogP contribution in [0.4, 0.5) is 0 Å². The predicted octanol–water partition coefficient (Wildman–Crippen LogP) is 2.82. The van der Waals surface area contributed by atoms with Crippen molar-refractivity contribution in [2.75, 3.05) is 13.2 Å². The highest BCUT2D eigenvalue weighted by Gasteiger charge is 2.43. The van der Waals surface area contributed by atoms with Gasteiger partial charge in [-0.1, -0.05) is 26.7 Å². The summed E-state index contributed by atoms with van der Waals surface area (Å²) in [5.74, 6) is 0.259. The molecule has 2 saturated heterocycles. The number of hydrogen-bond acceptors (Lipinski definition) is 4. The normalized spacial score (nSPS) is 26.3. The van der Waals surface area contributed by atoms with Crippen molar-refractivity contribution in [2.45, 2.75) is 96.6 Å². The summed E-state index contributed by atoms with van der Waals surface area (Å²) >= 11 is 0. The third-order valence-corrected chi connectivity index (χ3v) is 6.48. The molecule has 2 aliphatic heterocycles. The molecule has 0 radical (unpaired) electrons. The van der Waals surface area contributed by atoms with Gasteiger partial charge in [-0.2, -0.15) is 0 Å². The van der Waals surface area contributed by atoms with Gasteiger partial charge in [-0.05, 0) is 51.4 Å². The van der Waals surface area contributed by atoms with Crippen molar-refractivity contribution >= 4 is 17.6 Å². The number of amides is 2. The smallest absolute Gasteiger partial charge is 0.242 e. The minimum absolute atomic E-state index is 0.00300. The number of Topliss-reactive ketones (excluding diaryl/α,β-unsaturated/α-hetero) is 1. The standard InChI is InChI=1S/C22H38N2O4/c1-3-20(26)16(2)10-11-17-8-4-5-9-18-12-13-19(24(18)22(17)28)21(27)23-14-6-7-15-25/h16-19,25H,3-15H2,1-2H3,(H,23,27). The molecule has 0 aromatic rings. The molecule has 0 aromatic carbocycles. The maximum absolute atomic E-state index is 13.4. The molecule has 2 amide bonds. The summed E-state index contributed by atoms with van der Waals surface area (Å²) in [7, 11) is 0. The second kappa shape index (κ2) is 11.5. The highest BCUT2D eigenvalue weighted by atomic mass is 16.3. The fourth-order valence-corrected chi connectivity index (χ4v) is 4.66. The highest BCUT2D eigenvalue weighted by Crippen LogP contribution is 2.34. The maximum Gasteiger partial charge on any atom is 0.242 e. The van der Waals surface area contributed by atoms with Crippen LogP contribution >= 0.6 is 0 Å². The third kappa shape index (κ3) is 6.03. The molecule has 0 saturated carbocycles.